The highest BCUT2D eigenvalue weighted by Gasteiger charge is 2.15. The molecule has 0 spiro atoms. The summed E-state index contributed by atoms with van der Waals surface area (Å²) in [4.78, 5) is 20.6. The molecule has 1 N–H and O–H groups in total. The third-order valence-electron chi connectivity index (χ3n) is 3.17. The second-order valence-corrected chi connectivity index (χ2v) is 4.99. The van der Waals surface area contributed by atoms with Crippen molar-refractivity contribution in [3.05, 3.63) is 23.1 Å². The highest BCUT2D eigenvalue weighted by Crippen LogP contribution is 2.21. The zero-order valence-corrected chi connectivity index (χ0v) is 13.1. The van der Waals surface area contributed by atoms with Gasteiger partial charge in [0.25, 0.3) is 0 Å². The summed E-state index contributed by atoms with van der Waals surface area (Å²) in [5.41, 5.74) is 2.91. The van der Waals surface area contributed by atoms with E-state index in [4.69, 9.17) is 4.74 Å². The predicted octanol–water partition coefficient (Wildman–Crippen LogP) is 2.27. The molecule has 0 unspecified atom stereocenters. The zero-order valence-electron chi connectivity index (χ0n) is 13.1. The summed E-state index contributed by atoms with van der Waals surface area (Å²) in [6.45, 7) is 8.37. The number of anilines is 1. The van der Waals surface area contributed by atoms with Crippen LogP contribution in [-0.4, -0.2) is 33.5 Å². The number of hydrogen-bond donors (Lipinski definition) is 1. The number of esters is 1. The van der Waals surface area contributed by atoms with Crippen molar-refractivity contribution < 1.29 is 9.53 Å². The maximum atomic E-state index is 11.6. The highest BCUT2D eigenvalue weighted by atomic mass is 16.5. The van der Waals surface area contributed by atoms with Crippen LogP contribution in [0.4, 0.5) is 5.82 Å². The van der Waals surface area contributed by atoms with Crippen molar-refractivity contribution in [3.63, 3.8) is 0 Å². The maximum absolute atomic E-state index is 11.6. The summed E-state index contributed by atoms with van der Waals surface area (Å²) in [6, 6.07) is 2.00. The van der Waals surface area contributed by atoms with Gasteiger partial charge in [0.1, 0.15) is 12.4 Å². The number of ether oxygens (including phenoxy) is 1. The molecule has 0 radical (unpaired) electrons. The van der Waals surface area contributed by atoms with Crippen molar-refractivity contribution in [2.75, 3.05) is 18.5 Å². The monoisotopic (exact) mass is 290 g/mol. The number of hydrogen-bond acceptors (Lipinski definition) is 5. The fourth-order valence-electron chi connectivity index (χ4n) is 2.38. The van der Waals surface area contributed by atoms with Crippen LogP contribution in [0.3, 0.4) is 0 Å². The third kappa shape index (κ3) is 3.32. The number of nitrogens with one attached hydrogen (secondary N) is 1. The Balaban J connectivity index is 2.38. The molecule has 21 heavy (non-hydrogen) atoms. The van der Waals surface area contributed by atoms with E-state index in [1.165, 1.54) is 0 Å². The Morgan fingerprint density at radius 1 is 1.33 bits per heavy atom. The summed E-state index contributed by atoms with van der Waals surface area (Å²) >= 11 is 0. The number of fused-ring (bicyclic) bond motifs is 1. The lowest BCUT2D eigenvalue weighted by Crippen LogP contribution is -2.18. The van der Waals surface area contributed by atoms with Gasteiger partial charge >= 0.3 is 5.97 Å². The van der Waals surface area contributed by atoms with E-state index in [0.29, 0.717) is 12.4 Å². The first-order valence-electron chi connectivity index (χ1n) is 7.31. The van der Waals surface area contributed by atoms with Gasteiger partial charge in [-0.2, -0.15) is 0 Å². The van der Waals surface area contributed by atoms with E-state index in [0.717, 1.165) is 35.7 Å². The van der Waals surface area contributed by atoms with E-state index in [9.17, 15) is 4.79 Å². The van der Waals surface area contributed by atoms with Crippen molar-refractivity contribution in [1.82, 2.24) is 14.4 Å². The van der Waals surface area contributed by atoms with Crippen molar-refractivity contribution in [3.8, 4) is 0 Å². The molecule has 0 amide bonds. The second kappa shape index (κ2) is 6.56. The second-order valence-electron chi connectivity index (χ2n) is 4.99. The molecule has 0 aliphatic carbocycles. The topological polar surface area (TPSA) is 68.5 Å². The van der Waals surface area contributed by atoms with Crippen LogP contribution in [0, 0.1) is 13.8 Å². The quantitative estimate of drug-likeness (QED) is 0.827. The van der Waals surface area contributed by atoms with Gasteiger partial charge in [-0.15, -0.1) is 0 Å². The van der Waals surface area contributed by atoms with Gasteiger partial charge < -0.3 is 10.1 Å². The first-order valence-corrected chi connectivity index (χ1v) is 7.31. The minimum Gasteiger partial charge on any atom is -0.465 e. The number of aromatic nitrogens is 3. The average molecular weight is 290 g/mol. The zero-order chi connectivity index (χ0) is 15.4. The van der Waals surface area contributed by atoms with E-state index in [-0.39, 0.29) is 12.5 Å². The summed E-state index contributed by atoms with van der Waals surface area (Å²) < 4.78 is 6.91. The fourth-order valence-corrected chi connectivity index (χ4v) is 2.38. The molecular formula is C15H22N4O2. The van der Waals surface area contributed by atoms with Gasteiger partial charge in [-0.3, -0.25) is 9.20 Å². The number of imidazole rings is 1. The number of carbonyl (C=O) groups excluding carboxylic acids is 1. The third-order valence-corrected chi connectivity index (χ3v) is 3.17. The number of nitrogens with zero attached hydrogens (tertiary/aromatic N) is 3. The average Bonchev–Trinajstić information content (AvgIpc) is 2.75. The Labute approximate surface area is 124 Å². The van der Waals surface area contributed by atoms with E-state index >= 15 is 0 Å². The largest absolute Gasteiger partial charge is 0.465 e. The molecule has 114 valence electrons. The van der Waals surface area contributed by atoms with Crippen LogP contribution in [0.2, 0.25) is 0 Å². The molecule has 0 atom stereocenters. The molecule has 0 bridgehead atoms. The van der Waals surface area contributed by atoms with Crippen LogP contribution < -0.4 is 5.32 Å². The maximum Gasteiger partial charge on any atom is 0.325 e. The minimum atomic E-state index is -0.271. The smallest absolute Gasteiger partial charge is 0.325 e. The summed E-state index contributed by atoms with van der Waals surface area (Å²) in [7, 11) is 0. The van der Waals surface area contributed by atoms with Crippen LogP contribution >= 0.6 is 0 Å². The molecule has 0 saturated carbocycles. The van der Waals surface area contributed by atoms with Crippen molar-refractivity contribution in [1.29, 1.82) is 0 Å². The van der Waals surface area contributed by atoms with E-state index in [1.807, 2.05) is 24.3 Å². The Morgan fingerprint density at radius 2 is 2.10 bits per heavy atom. The summed E-state index contributed by atoms with van der Waals surface area (Å²) in [5, 5.41) is 3.15. The van der Waals surface area contributed by atoms with E-state index in [1.54, 1.807) is 6.92 Å². The lowest BCUT2D eigenvalue weighted by molar-refractivity contribution is -0.140. The first-order chi connectivity index (χ1) is 10.1. The van der Waals surface area contributed by atoms with Gasteiger partial charge in [-0.05, 0) is 33.3 Å². The normalized spacial score (nSPS) is 10.9. The molecule has 2 aromatic rings. The molecule has 0 aliphatic heterocycles. The molecule has 2 aromatic heterocycles. The van der Waals surface area contributed by atoms with Crippen molar-refractivity contribution in [2.24, 2.45) is 0 Å². The lowest BCUT2D eigenvalue weighted by Gasteiger charge is -2.10. The fraction of sp³-hybridized carbons (Fsp3) is 0.533. The molecule has 2 rings (SSSR count). The molecular weight excluding hydrogens is 268 g/mol. The number of aryl methyl sites for hydroxylation is 3. The van der Waals surface area contributed by atoms with Crippen LogP contribution in [-0.2, 0) is 16.0 Å². The number of rotatable bonds is 6. The molecule has 0 aliphatic rings. The predicted molar refractivity (Wildman–Crippen MR) is 81.6 cm³/mol. The lowest BCUT2D eigenvalue weighted by atomic mass is 10.2. The van der Waals surface area contributed by atoms with Crippen LogP contribution in [0.1, 0.15) is 37.4 Å². The molecule has 6 heteroatoms. The van der Waals surface area contributed by atoms with Gasteiger partial charge in [0.15, 0.2) is 0 Å². The standard InChI is InChI=1S/C15H22N4O2/c1-5-7-12-14(16-9-13(20)21-6-2)19-11(4)8-10(3)17-15(19)18-12/h8,16H,5-7,9H2,1-4H3. The van der Waals surface area contributed by atoms with Crippen molar-refractivity contribution >= 4 is 17.6 Å². The van der Waals surface area contributed by atoms with Gasteiger partial charge in [-0.25, -0.2) is 9.97 Å². The first kappa shape index (κ1) is 15.3. The molecule has 0 fully saturated rings. The van der Waals surface area contributed by atoms with E-state index in [2.05, 4.69) is 22.2 Å². The van der Waals surface area contributed by atoms with Crippen LogP contribution in [0.15, 0.2) is 6.07 Å². The summed E-state index contributed by atoms with van der Waals surface area (Å²) in [5.74, 6) is 1.24. The van der Waals surface area contributed by atoms with Gasteiger partial charge in [-0.1, -0.05) is 13.3 Å². The van der Waals surface area contributed by atoms with E-state index < -0.39 is 0 Å². The number of carbonyl (C=O) groups is 1. The van der Waals surface area contributed by atoms with Crippen LogP contribution in [0.5, 0.6) is 0 Å². The molecule has 6 nitrogen and oxygen atoms in total. The Hall–Kier alpha value is -2.11. The van der Waals surface area contributed by atoms with Gasteiger partial charge in [0.05, 0.1) is 12.3 Å². The minimum absolute atomic E-state index is 0.131. The SMILES string of the molecule is CCCc1nc2nc(C)cc(C)n2c1NCC(=O)OCC. The molecule has 2 heterocycles. The van der Waals surface area contributed by atoms with Gasteiger partial charge in [0, 0.05) is 11.4 Å². The molecule has 0 saturated heterocycles. The Kier molecular flexibility index (Phi) is 4.77. The Morgan fingerprint density at radius 3 is 2.76 bits per heavy atom. The Bertz CT molecular complexity index is 649. The van der Waals surface area contributed by atoms with Gasteiger partial charge in [0.2, 0.25) is 5.78 Å². The highest BCUT2D eigenvalue weighted by molar-refractivity contribution is 5.75. The van der Waals surface area contributed by atoms with Crippen molar-refractivity contribution in [2.45, 2.75) is 40.5 Å². The molecule has 0 aromatic carbocycles. The summed E-state index contributed by atoms with van der Waals surface area (Å²) in [6.07, 6.45) is 1.82. The van der Waals surface area contributed by atoms with Crippen LogP contribution in [0.25, 0.3) is 5.78 Å².